The van der Waals surface area contributed by atoms with Gasteiger partial charge in [-0.15, -0.1) is 0 Å². The Bertz CT molecular complexity index is 751. The van der Waals surface area contributed by atoms with Crippen molar-refractivity contribution in [1.82, 2.24) is 15.0 Å². The van der Waals surface area contributed by atoms with E-state index in [-0.39, 0.29) is 0 Å². The van der Waals surface area contributed by atoms with E-state index in [9.17, 15) is 0 Å². The van der Waals surface area contributed by atoms with Crippen LogP contribution < -0.4 is 9.22 Å². The molecule has 0 spiro atoms. The molecule has 2 aromatic heterocycles. The van der Waals surface area contributed by atoms with E-state index in [0.29, 0.717) is 16.7 Å². The van der Waals surface area contributed by atoms with Crippen LogP contribution in [0.15, 0.2) is 42.7 Å². The molecule has 3 aromatic rings. The molecule has 1 unspecified atom stereocenters. The molecular weight excluding hydrogens is 325 g/mol. The molecule has 3 rings (SSSR count). The van der Waals surface area contributed by atoms with Gasteiger partial charge in [-0.1, -0.05) is 0 Å². The third-order valence-corrected chi connectivity index (χ3v) is 3.73. The van der Waals surface area contributed by atoms with Crippen LogP contribution in [0.2, 0.25) is 5.02 Å². The summed E-state index contributed by atoms with van der Waals surface area (Å²) in [6.07, 6.45) is 1.54. The summed E-state index contributed by atoms with van der Waals surface area (Å²) in [6, 6.07) is 10.9. The molecule has 0 bridgehead atoms. The van der Waals surface area contributed by atoms with Crippen LogP contribution in [0.1, 0.15) is 0 Å². The van der Waals surface area contributed by atoms with E-state index in [0.717, 1.165) is 15.5 Å². The first kappa shape index (κ1) is 12.4. The maximum atomic E-state index is 6.05. The molecule has 6 heteroatoms. The predicted molar refractivity (Wildman–Crippen MR) is 77.0 cm³/mol. The average molecular weight is 334 g/mol. The summed E-state index contributed by atoms with van der Waals surface area (Å²) in [6.45, 7) is 0. The Morgan fingerprint density at radius 3 is 2.74 bits per heavy atom. The molecule has 0 N–H and O–H groups in total. The van der Waals surface area contributed by atoms with Crippen molar-refractivity contribution in [2.45, 2.75) is 0 Å². The van der Waals surface area contributed by atoms with E-state index in [1.807, 2.05) is 18.2 Å². The van der Waals surface area contributed by atoms with Crippen LogP contribution in [0.25, 0.3) is 11.0 Å². The number of nitrogens with zero attached hydrogens (tertiary/aromatic N) is 3. The van der Waals surface area contributed by atoms with Crippen LogP contribution in [-0.2, 0) is 0 Å². The molecule has 94 valence electrons. The zero-order valence-corrected chi connectivity index (χ0v) is 12.9. The minimum atomic E-state index is 0.481. The molecule has 0 aliphatic carbocycles. The van der Waals surface area contributed by atoms with E-state index < -0.39 is 0 Å². The summed E-state index contributed by atoms with van der Waals surface area (Å²) in [5.41, 5.74) is 1.56. The number of para-hydroxylation sites is 1. The van der Waals surface area contributed by atoms with Gasteiger partial charge >= 0.3 is 123 Å². The van der Waals surface area contributed by atoms with Gasteiger partial charge in [0, 0.05) is 0 Å². The fourth-order valence-electron chi connectivity index (χ4n) is 1.64. The Morgan fingerprint density at radius 1 is 1.05 bits per heavy atom. The van der Waals surface area contributed by atoms with Crippen molar-refractivity contribution in [2.75, 3.05) is 0 Å². The van der Waals surface area contributed by atoms with Crippen LogP contribution in [0.4, 0.5) is 0 Å². The first-order valence-corrected chi connectivity index (χ1v) is 7.12. The Hall–Kier alpha value is -1.64. The van der Waals surface area contributed by atoms with Gasteiger partial charge in [0.2, 0.25) is 0 Å². The number of rotatable bonds is 2. The number of ether oxygens (including phenoxy) is 1. The molecule has 1 aromatic carbocycles. The fraction of sp³-hybridized carbons (Fsp3) is 0. The van der Waals surface area contributed by atoms with Crippen molar-refractivity contribution < 1.29 is 4.74 Å². The summed E-state index contributed by atoms with van der Waals surface area (Å²) >= 11 is 7.45. The normalized spacial score (nSPS) is 10.6. The number of halogens is 1. The number of pyridine rings is 1. The van der Waals surface area contributed by atoms with Gasteiger partial charge in [0.25, 0.3) is 0 Å². The van der Waals surface area contributed by atoms with E-state index >= 15 is 0 Å². The Kier molecular flexibility index (Phi) is 3.36. The molecule has 0 radical (unpaired) electrons. The number of benzene rings is 1. The number of fused-ring (bicyclic) bond motifs is 1. The second-order valence-corrected chi connectivity index (χ2v) is 5.36. The average Bonchev–Trinajstić information content (AvgIpc) is 2.42. The van der Waals surface area contributed by atoms with Crippen molar-refractivity contribution in [1.29, 1.82) is 0 Å². The molecular formula is C13H9AsClN3O. The first-order chi connectivity index (χ1) is 9.24. The molecule has 1 atom stereocenters. The summed E-state index contributed by atoms with van der Waals surface area (Å²) in [5, 5.41) is 0.551. The molecule has 0 fully saturated rings. The number of aromatic nitrogens is 3. The topological polar surface area (TPSA) is 47.9 Å². The van der Waals surface area contributed by atoms with Crippen molar-refractivity contribution >= 4 is 44.0 Å². The van der Waals surface area contributed by atoms with Gasteiger partial charge < -0.3 is 0 Å². The molecule has 0 aliphatic rings. The first-order valence-electron chi connectivity index (χ1n) is 5.53. The van der Waals surface area contributed by atoms with Gasteiger partial charge in [-0.2, -0.15) is 0 Å². The SMILES string of the molecule is Clc1ccccc1Oc1ccc2ncnc([AsH2])c2n1. The number of hydrogen-bond acceptors (Lipinski definition) is 4. The second-order valence-electron chi connectivity index (χ2n) is 3.81. The quantitative estimate of drug-likeness (QED) is 0.670. The fourth-order valence-corrected chi connectivity index (χ4v) is 2.40. The minimum absolute atomic E-state index is 0.481. The Balaban J connectivity index is 2.02. The van der Waals surface area contributed by atoms with Gasteiger partial charge in [0.15, 0.2) is 0 Å². The molecule has 0 saturated heterocycles. The summed E-state index contributed by atoms with van der Waals surface area (Å²) < 4.78 is 6.56. The van der Waals surface area contributed by atoms with Crippen molar-refractivity contribution in [3.8, 4) is 11.6 Å². The summed E-state index contributed by atoms with van der Waals surface area (Å²) in [7, 11) is 0. The molecule has 19 heavy (non-hydrogen) atoms. The molecule has 2 heterocycles. The Morgan fingerprint density at radius 2 is 1.89 bits per heavy atom. The van der Waals surface area contributed by atoms with Crippen molar-refractivity contribution in [3.63, 3.8) is 0 Å². The van der Waals surface area contributed by atoms with E-state index in [1.165, 1.54) is 23.2 Å². The maximum absolute atomic E-state index is 6.05. The molecule has 4 nitrogen and oxygen atoms in total. The monoisotopic (exact) mass is 333 g/mol. The van der Waals surface area contributed by atoms with Gasteiger partial charge in [-0.05, 0) is 0 Å². The zero-order valence-electron chi connectivity index (χ0n) is 9.75. The third kappa shape index (κ3) is 2.55. The van der Waals surface area contributed by atoms with Crippen molar-refractivity contribution in [3.05, 3.63) is 47.7 Å². The van der Waals surface area contributed by atoms with Crippen LogP contribution in [0.3, 0.4) is 0 Å². The zero-order chi connectivity index (χ0) is 13.2. The predicted octanol–water partition coefficient (Wildman–Crippen LogP) is 1.73. The van der Waals surface area contributed by atoms with Crippen LogP contribution in [0.5, 0.6) is 11.6 Å². The standard InChI is InChI=1S/C13H9AsClN3O/c14-13-12-9(16-7-17-13)5-6-11(18-12)19-10-4-2-1-3-8(10)15/h1-7H,14H2. The van der Waals surface area contributed by atoms with E-state index in [2.05, 4.69) is 15.0 Å². The number of hydrogen-bond donors (Lipinski definition) is 0. The van der Waals surface area contributed by atoms with Gasteiger partial charge in [-0.25, -0.2) is 0 Å². The third-order valence-electron chi connectivity index (χ3n) is 2.54. The molecule has 0 amide bonds. The van der Waals surface area contributed by atoms with Crippen LogP contribution >= 0.6 is 11.6 Å². The summed E-state index contributed by atoms with van der Waals surface area (Å²) in [4.78, 5) is 12.7. The van der Waals surface area contributed by atoms with Crippen LogP contribution in [-0.4, -0.2) is 31.8 Å². The summed E-state index contributed by atoms with van der Waals surface area (Å²) in [5.74, 6) is 1.06. The van der Waals surface area contributed by atoms with Gasteiger partial charge in [0.1, 0.15) is 0 Å². The molecule has 0 saturated carbocycles. The second kappa shape index (κ2) is 5.16. The van der Waals surface area contributed by atoms with E-state index in [1.54, 1.807) is 18.2 Å². The Labute approximate surface area is 123 Å². The van der Waals surface area contributed by atoms with Gasteiger partial charge in [0.05, 0.1) is 0 Å². The van der Waals surface area contributed by atoms with Crippen LogP contribution in [0, 0.1) is 0 Å². The molecule has 0 aliphatic heterocycles. The van der Waals surface area contributed by atoms with Gasteiger partial charge in [-0.3, -0.25) is 0 Å². The van der Waals surface area contributed by atoms with E-state index in [4.69, 9.17) is 16.3 Å². The van der Waals surface area contributed by atoms with Crippen molar-refractivity contribution in [2.24, 2.45) is 0 Å².